The van der Waals surface area contributed by atoms with Crippen molar-refractivity contribution < 1.29 is 9.52 Å². The zero-order chi connectivity index (χ0) is 12.4. The second-order valence-corrected chi connectivity index (χ2v) is 4.44. The summed E-state index contributed by atoms with van der Waals surface area (Å²) in [5.41, 5.74) is 7.83. The molecular formula is C13H18N2O2. The molecule has 0 radical (unpaired) electrons. The van der Waals surface area contributed by atoms with E-state index in [2.05, 4.69) is 0 Å². The number of likely N-dealkylation sites (N-methyl/N-ethyl adjacent to an activating group) is 1. The van der Waals surface area contributed by atoms with Gasteiger partial charge >= 0.3 is 0 Å². The van der Waals surface area contributed by atoms with Gasteiger partial charge in [0.15, 0.2) is 0 Å². The van der Waals surface area contributed by atoms with Gasteiger partial charge in [-0.15, -0.1) is 0 Å². The second-order valence-electron chi connectivity index (χ2n) is 4.44. The minimum atomic E-state index is -0.328. The van der Waals surface area contributed by atoms with Crippen LogP contribution in [0.15, 0.2) is 34.9 Å². The number of hydrogen-bond acceptors (Lipinski definition) is 4. The fourth-order valence-electron chi connectivity index (χ4n) is 2.22. The van der Waals surface area contributed by atoms with E-state index in [4.69, 9.17) is 10.2 Å². The SMILES string of the molecule is CN(C)C(c1coc2ccccc12)C(N)CO. The quantitative estimate of drug-likeness (QED) is 0.838. The number of nitrogens with two attached hydrogens (primary N) is 1. The maximum absolute atomic E-state index is 9.24. The van der Waals surface area contributed by atoms with Crippen LogP contribution in [-0.2, 0) is 0 Å². The second kappa shape index (κ2) is 4.87. The molecule has 4 nitrogen and oxygen atoms in total. The summed E-state index contributed by atoms with van der Waals surface area (Å²) in [6.45, 7) is -0.0532. The Bertz CT molecular complexity index is 493. The average molecular weight is 234 g/mol. The average Bonchev–Trinajstić information content (AvgIpc) is 2.73. The van der Waals surface area contributed by atoms with Crippen LogP contribution in [0.25, 0.3) is 11.0 Å². The Kier molecular flexibility index (Phi) is 3.47. The van der Waals surface area contributed by atoms with Crippen LogP contribution in [0.4, 0.5) is 0 Å². The van der Waals surface area contributed by atoms with E-state index in [1.54, 1.807) is 6.26 Å². The highest BCUT2D eigenvalue weighted by Gasteiger charge is 2.24. The third-order valence-electron chi connectivity index (χ3n) is 3.00. The molecule has 2 atom stereocenters. The Morgan fingerprint density at radius 1 is 1.35 bits per heavy atom. The van der Waals surface area contributed by atoms with Gasteiger partial charge in [0.1, 0.15) is 5.58 Å². The number of para-hydroxylation sites is 1. The summed E-state index contributed by atoms with van der Waals surface area (Å²) in [6.07, 6.45) is 1.73. The summed E-state index contributed by atoms with van der Waals surface area (Å²) in [4.78, 5) is 2.00. The lowest BCUT2D eigenvalue weighted by Crippen LogP contribution is -2.39. The van der Waals surface area contributed by atoms with Gasteiger partial charge in [-0.25, -0.2) is 0 Å². The largest absolute Gasteiger partial charge is 0.464 e. The first-order valence-electron chi connectivity index (χ1n) is 5.64. The van der Waals surface area contributed by atoms with Gasteiger partial charge < -0.3 is 20.2 Å². The molecule has 0 saturated heterocycles. The van der Waals surface area contributed by atoms with Gasteiger partial charge in [-0.1, -0.05) is 18.2 Å². The number of fused-ring (bicyclic) bond motifs is 1. The number of furan rings is 1. The predicted octanol–water partition coefficient (Wildman–Crippen LogP) is 1.36. The fraction of sp³-hybridized carbons (Fsp3) is 0.385. The van der Waals surface area contributed by atoms with E-state index >= 15 is 0 Å². The Morgan fingerprint density at radius 2 is 2.06 bits per heavy atom. The number of hydrogen-bond donors (Lipinski definition) is 2. The Labute approximate surface area is 101 Å². The molecule has 3 N–H and O–H groups in total. The first kappa shape index (κ1) is 12.1. The van der Waals surface area contributed by atoms with Crippen LogP contribution < -0.4 is 5.73 Å². The van der Waals surface area contributed by atoms with Gasteiger partial charge in [-0.3, -0.25) is 0 Å². The van der Waals surface area contributed by atoms with Crippen molar-refractivity contribution in [3.05, 3.63) is 36.1 Å². The number of aliphatic hydroxyl groups excluding tert-OH is 1. The molecular weight excluding hydrogens is 216 g/mol. The van der Waals surface area contributed by atoms with E-state index in [0.717, 1.165) is 16.5 Å². The van der Waals surface area contributed by atoms with Crippen molar-refractivity contribution in [3.8, 4) is 0 Å². The molecule has 0 spiro atoms. The van der Waals surface area contributed by atoms with Crippen LogP contribution in [-0.4, -0.2) is 36.8 Å². The van der Waals surface area contributed by atoms with E-state index in [9.17, 15) is 5.11 Å². The number of rotatable bonds is 4. The van der Waals surface area contributed by atoms with Gasteiger partial charge in [-0.05, 0) is 20.2 Å². The lowest BCUT2D eigenvalue weighted by molar-refractivity contribution is 0.181. The predicted molar refractivity (Wildman–Crippen MR) is 67.7 cm³/mol. The van der Waals surface area contributed by atoms with Gasteiger partial charge in [0.05, 0.1) is 18.9 Å². The van der Waals surface area contributed by atoms with Gasteiger partial charge in [0.25, 0.3) is 0 Å². The molecule has 0 fully saturated rings. The van der Waals surface area contributed by atoms with Gasteiger partial charge in [0, 0.05) is 17.0 Å². The fourth-order valence-corrected chi connectivity index (χ4v) is 2.22. The molecule has 4 heteroatoms. The number of aliphatic hydroxyl groups is 1. The van der Waals surface area contributed by atoms with E-state index in [-0.39, 0.29) is 18.7 Å². The molecule has 2 unspecified atom stereocenters. The minimum absolute atomic E-state index is 0.0522. The molecule has 0 aliphatic rings. The molecule has 0 saturated carbocycles. The maximum Gasteiger partial charge on any atom is 0.134 e. The number of benzene rings is 1. The molecule has 2 aromatic rings. The molecule has 1 heterocycles. The van der Waals surface area contributed by atoms with Crippen molar-refractivity contribution in [2.45, 2.75) is 12.1 Å². The van der Waals surface area contributed by atoms with Crippen LogP contribution in [0, 0.1) is 0 Å². The monoisotopic (exact) mass is 234 g/mol. The third-order valence-corrected chi connectivity index (χ3v) is 3.00. The van der Waals surface area contributed by atoms with Crippen molar-refractivity contribution in [1.29, 1.82) is 0 Å². The van der Waals surface area contributed by atoms with E-state index < -0.39 is 0 Å². The summed E-state index contributed by atoms with van der Waals surface area (Å²) >= 11 is 0. The van der Waals surface area contributed by atoms with E-state index in [0.29, 0.717) is 0 Å². The van der Waals surface area contributed by atoms with Crippen molar-refractivity contribution in [2.24, 2.45) is 5.73 Å². The Balaban J connectivity index is 2.49. The first-order chi connectivity index (χ1) is 8.15. The molecule has 0 amide bonds. The summed E-state index contributed by atoms with van der Waals surface area (Å²) < 4.78 is 5.51. The summed E-state index contributed by atoms with van der Waals surface area (Å²) in [6, 6.07) is 7.46. The van der Waals surface area contributed by atoms with E-state index in [1.165, 1.54) is 0 Å². The Hall–Kier alpha value is -1.36. The molecule has 0 bridgehead atoms. The summed E-state index contributed by atoms with van der Waals surface area (Å²) in [7, 11) is 3.89. The zero-order valence-electron chi connectivity index (χ0n) is 10.1. The molecule has 0 aliphatic carbocycles. The van der Waals surface area contributed by atoms with Crippen molar-refractivity contribution in [1.82, 2.24) is 4.90 Å². The summed E-state index contributed by atoms with van der Waals surface area (Å²) in [5, 5.41) is 10.3. The van der Waals surface area contributed by atoms with Crippen LogP contribution in [0.5, 0.6) is 0 Å². The van der Waals surface area contributed by atoms with Crippen LogP contribution in [0.2, 0.25) is 0 Å². The van der Waals surface area contributed by atoms with Crippen molar-refractivity contribution >= 4 is 11.0 Å². The van der Waals surface area contributed by atoms with Gasteiger partial charge in [-0.2, -0.15) is 0 Å². The third kappa shape index (κ3) is 2.20. The highest BCUT2D eigenvalue weighted by molar-refractivity contribution is 5.81. The molecule has 1 aromatic heterocycles. The first-order valence-corrected chi connectivity index (χ1v) is 5.64. The van der Waals surface area contributed by atoms with Crippen LogP contribution in [0.3, 0.4) is 0 Å². The van der Waals surface area contributed by atoms with Crippen molar-refractivity contribution in [3.63, 3.8) is 0 Å². The smallest absolute Gasteiger partial charge is 0.134 e. The molecule has 92 valence electrons. The van der Waals surface area contributed by atoms with Crippen LogP contribution >= 0.6 is 0 Å². The standard InChI is InChI=1S/C13H18N2O2/c1-15(2)13(11(14)7-16)10-8-17-12-6-4-3-5-9(10)12/h3-6,8,11,13,16H,7,14H2,1-2H3. The summed E-state index contributed by atoms with van der Waals surface area (Å²) in [5.74, 6) is 0. The highest BCUT2D eigenvalue weighted by atomic mass is 16.3. The molecule has 1 aromatic carbocycles. The highest BCUT2D eigenvalue weighted by Crippen LogP contribution is 2.30. The number of nitrogens with zero attached hydrogens (tertiary/aromatic N) is 1. The Morgan fingerprint density at radius 3 is 2.71 bits per heavy atom. The lowest BCUT2D eigenvalue weighted by atomic mass is 9.99. The topological polar surface area (TPSA) is 62.6 Å². The van der Waals surface area contributed by atoms with E-state index in [1.807, 2.05) is 43.3 Å². The van der Waals surface area contributed by atoms with Crippen LogP contribution in [0.1, 0.15) is 11.6 Å². The maximum atomic E-state index is 9.24. The molecule has 0 aliphatic heterocycles. The minimum Gasteiger partial charge on any atom is -0.464 e. The normalized spacial score (nSPS) is 15.4. The molecule has 2 rings (SSSR count). The van der Waals surface area contributed by atoms with Crippen molar-refractivity contribution in [2.75, 3.05) is 20.7 Å². The lowest BCUT2D eigenvalue weighted by Gasteiger charge is -2.28. The van der Waals surface area contributed by atoms with Gasteiger partial charge in [0.2, 0.25) is 0 Å². The molecule has 17 heavy (non-hydrogen) atoms. The zero-order valence-corrected chi connectivity index (χ0v) is 10.1.